The van der Waals surface area contributed by atoms with Gasteiger partial charge in [0.1, 0.15) is 5.82 Å². The number of hydrogen-bond acceptors (Lipinski definition) is 6. The summed E-state index contributed by atoms with van der Waals surface area (Å²) in [5, 5.41) is 11.3. The minimum atomic E-state index is -1.06. The number of ether oxygens (including phenoxy) is 1. The van der Waals surface area contributed by atoms with E-state index in [1.54, 1.807) is 21.6 Å². The maximum Gasteiger partial charge on any atom is 0.379 e. The van der Waals surface area contributed by atoms with Crippen LogP contribution in [0.4, 0.5) is 5.82 Å². The Hall–Kier alpha value is -4.27. The molecule has 2 heterocycles. The Morgan fingerprint density at radius 2 is 1.61 bits per heavy atom. The fraction of sp³-hybridized carbons (Fsp3) is 0.208. The number of nitrogens with zero attached hydrogens (tertiary/aromatic N) is 5. The quantitative estimate of drug-likeness (QED) is 0.434. The average molecular weight is 444 g/mol. The van der Waals surface area contributed by atoms with Gasteiger partial charge in [0.15, 0.2) is 11.9 Å². The minimum Gasteiger partial charge on any atom is -0.447 e. The Balaban J connectivity index is 1.55. The molecule has 0 radical (unpaired) electrons. The molecular formula is C24H24N6O3. The van der Waals surface area contributed by atoms with Crippen molar-refractivity contribution in [2.75, 3.05) is 5.32 Å². The van der Waals surface area contributed by atoms with Crippen LogP contribution in [0, 0.1) is 0 Å². The van der Waals surface area contributed by atoms with Gasteiger partial charge in [0.05, 0.1) is 11.9 Å². The predicted molar refractivity (Wildman–Crippen MR) is 123 cm³/mol. The van der Waals surface area contributed by atoms with Crippen molar-refractivity contribution >= 4 is 17.7 Å². The van der Waals surface area contributed by atoms with Crippen molar-refractivity contribution in [3.05, 3.63) is 78.8 Å². The summed E-state index contributed by atoms with van der Waals surface area (Å²) in [7, 11) is 0. The van der Waals surface area contributed by atoms with Gasteiger partial charge >= 0.3 is 5.97 Å². The smallest absolute Gasteiger partial charge is 0.379 e. The molecule has 4 rings (SSSR count). The summed E-state index contributed by atoms with van der Waals surface area (Å²) < 4.78 is 8.62. The van der Waals surface area contributed by atoms with Crippen LogP contribution in [0.3, 0.4) is 0 Å². The van der Waals surface area contributed by atoms with Gasteiger partial charge in [-0.05, 0) is 32.9 Å². The van der Waals surface area contributed by atoms with Crippen LogP contribution >= 0.6 is 0 Å². The molecule has 0 saturated carbocycles. The van der Waals surface area contributed by atoms with Crippen LogP contribution < -0.4 is 5.32 Å². The van der Waals surface area contributed by atoms with Gasteiger partial charge in [-0.25, -0.2) is 19.1 Å². The molecular weight excluding hydrogens is 420 g/mol. The van der Waals surface area contributed by atoms with Gasteiger partial charge in [-0.1, -0.05) is 48.5 Å². The largest absolute Gasteiger partial charge is 0.447 e. The van der Waals surface area contributed by atoms with Crippen LogP contribution in [0.5, 0.6) is 0 Å². The Bertz CT molecular complexity index is 1190. The lowest BCUT2D eigenvalue weighted by molar-refractivity contribution is -0.123. The van der Waals surface area contributed by atoms with Gasteiger partial charge in [-0.2, -0.15) is 5.10 Å². The van der Waals surface area contributed by atoms with Crippen LogP contribution in [0.25, 0.3) is 17.1 Å². The van der Waals surface area contributed by atoms with Crippen LogP contribution in [0.2, 0.25) is 0 Å². The third kappa shape index (κ3) is 4.82. The first-order valence-electron chi connectivity index (χ1n) is 10.6. The molecule has 1 atom stereocenters. The van der Waals surface area contributed by atoms with Crippen molar-refractivity contribution in [2.24, 2.45) is 0 Å². The number of nitrogens with one attached hydrogen (secondary N) is 1. The maximum atomic E-state index is 12.8. The second-order valence-corrected chi connectivity index (χ2v) is 7.66. The summed E-state index contributed by atoms with van der Waals surface area (Å²) in [5.74, 6) is -0.384. The minimum absolute atomic E-state index is 0.0655. The van der Waals surface area contributed by atoms with E-state index in [4.69, 9.17) is 4.74 Å². The van der Waals surface area contributed by atoms with Crippen LogP contribution in [-0.2, 0) is 9.53 Å². The van der Waals surface area contributed by atoms with Gasteiger partial charge in [0.2, 0.25) is 0 Å². The molecule has 168 valence electrons. The first-order chi connectivity index (χ1) is 15.9. The maximum absolute atomic E-state index is 12.8. The molecule has 0 saturated heterocycles. The SMILES string of the molecule is CC(OC(=O)c1nc(-c2ccccc2)n(-c2ccccc2)n1)C(=O)Nc1ccnn1C(C)C. The van der Waals surface area contributed by atoms with Gasteiger partial charge in [0, 0.05) is 17.7 Å². The Kier molecular flexibility index (Phi) is 6.30. The molecule has 2 aromatic heterocycles. The summed E-state index contributed by atoms with van der Waals surface area (Å²) >= 11 is 0. The number of rotatable bonds is 7. The third-order valence-electron chi connectivity index (χ3n) is 4.89. The van der Waals surface area contributed by atoms with E-state index in [1.807, 2.05) is 74.5 Å². The fourth-order valence-corrected chi connectivity index (χ4v) is 3.24. The van der Waals surface area contributed by atoms with Crippen LogP contribution in [-0.4, -0.2) is 42.5 Å². The Morgan fingerprint density at radius 3 is 2.27 bits per heavy atom. The zero-order valence-corrected chi connectivity index (χ0v) is 18.5. The number of carbonyl (C=O) groups is 2. The van der Waals surface area contributed by atoms with Crippen molar-refractivity contribution in [1.29, 1.82) is 0 Å². The van der Waals surface area contributed by atoms with E-state index in [1.165, 1.54) is 6.92 Å². The Morgan fingerprint density at radius 1 is 0.939 bits per heavy atom. The molecule has 0 aliphatic carbocycles. The monoisotopic (exact) mass is 444 g/mol. The zero-order chi connectivity index (χ0) is 23.4. The van der Waals surface area contributed by atoms with Gasteiger partial charge in [-0.3, -0.25) is 4.79 Å². The highest BCUT2D eigenvalue weighted by Gasteiger charge is 2.25. The molecule has 2 aromatic carbocycles. The topological polar surface area (TPSA) is 104 Å². The highest BCUT2D eigenvalue weighted by molar-refractivity contribution is 5.96. The molecule has 0 spiro atoms. The molecule has 1 amide bonds. The van der Waals surface area contributed by atoms with E-state index in [0.29, 0.717) is 11.6 Å². The molecule has 1 N–H and O–H groups in total. The van der Waals surface area contributed by atoms with Crippen LogP contribution in [0.15, 0.2) is 72.9 Å². The Labute approximate surface area is 191 Å². The number of aromatic nitrogens is 5. The number of benzene rings is 2. The highest BCUT2D eigenvalue weighted by Crippen LogP contribution is 2.21. The number of amides is 1. The summed E-state index contributed by atoms with van der Waals surface area (Å²) in [6, 6.07) is 20.5. The van der Waals surface area contributed by atoms with E-state index >= 15 is 0 Å². The average Bonchev–Trinajstić information content (AvgIpc) is 3.48. The second-order valence-electron chi connectivity index (χ2n) is 7.66. The highest BCUT2D eigenvalue weighted by atomic mass is 16.5. The molecule has 0 bridgehead atoms. The van der Waals surface area contributed by atoms with E-state index in [9.17, 15) is 9.59 Å². The molecule has 9 heteroatoms. The number of hydrogen-bond donors (Lipinski definition) is 1. The second kappa shape index (κ2) is 9.47. The number of carbonyl (C=O) groups excluding carboxylic acids is 2. The fourth-order valence-electron chi connectivity index (χ4n) is 3.24. The summed E-state index contributed by atoms with van der Waals surface area (Å²) in [6.45, 7) is 5.39. The normalized spacial score (nSPS) is 11.9. The van der Waals surface area contributed by atoms with E-state index in [2.05, 4.69) is 20.5 Å². The summed E-state index contributed by atoms with van der Waals surface area (Å²) in [4.78, 5) is 29.8. The molecule has 1 unspecified atom stereocenters. The van der Waals surface area contributed by atoms with Gasteiger partial charge in [-0.15, -0.1) is 5.10 Å². The number of para-hydroxylation sites is 1. The third-order valence-corrected chi connectivity index (χ3v) is 4.89. The van der Waals surface area contributed by atoms with Crippen molar-refractivity contribution in [3.8, 4) is 17.1 Å². The molecule has 0 aliphatic heterocycles. The van der Waals surface area contributed by atoms with Crippen molar-refractivity contribution in [2.45, 2.75) is 32.9 Å². The van der Waals surface area contributed by atoms with E-state index in [-0.39, 0.29) is 11.9 Å². The zero-order valence-electron chi connectivity index (χ0n) is 18.5. The number of esters is 1. The van der Waals surface area contributed by atoms with E-state index < -0.39 is 18.0 Å². The molecule has 0 aliphatic rings. The van der Waals surface area contributed by atoms with Crippen LogP contribution in [0.1, 0.15) is 37.4 Å². The first kappa shape index (κ1) is 21.9. The van der Waals surface area contributed by atoms with Crippen molar-refractivity contribution in [1.82, 2.24) is 24.5 Å². The van der Waals surface area contributed by atoms with Crippen molar-refractivity contribution < 1.29 is 14.3 Å². The predicted octanol–water partition coefficient (Wildman–Crippen LogP) is 3.90. The standard InChI is InChI=1S/C24H24N6O3/c1-16(2)29-20(14-15-25-29)26-23(31)17(3)33-24(32)21-27-22(18-10-6-4-7-11-18)30(28-21)19-12-8-5-9-13-19/h4-17H,1-3H3,(H,26,31). The lowest BCUT2D eigenvalue weighted by Gasteiger charge is -2.15. The molecule has 0 fully saturated rings. The molecule has 33 heavy (non-hydrogen) atoms. The lowest BCUT2D eigenvalue weighted by atomic mass is 10.2. The summed E-state index contributed by atoms with van der Waals surface area (Å²) in [5.41, 5.74) is 1.54. The van der Waals surface area contributed by atoms with Crippen molar-refractivity contribution in [3.63, 3.8) is 0 Å². The summed E-state index contributed by atoms with van der Waals surface area (Å²) in [6.07, 6.45) is 0.536. The molecule has 9 nitrogen and oxygen atoms in total. The van der Waals surface area contributed by atoms with Gasteiger partial charge < -0.3 is 10.1 Å². The number of anilines is 1. The first-order valence-corrected chi connectivity index (χ1v) is 10.6. The van der Waals surface area contributed by atoms with Gasteiger partial charge in [0.25, 0.3) is 11.7 Å². The lowest BCUT2D eigenvalue weighted by Crippen LogP contribution is -2.31. The van der Waals surface area contributed by atoms with E-state index in [0.717, 1.165) is 11.3 Å². The molecule has 4 aromatic rings.